The molecule has 0 aliphatic rings. The number of rotatable bonds is 5. The first-order chi connectivity index (χ1) is 14.0. The molecule has 0 radical (unpaired) electrons. The van der Waals surface area contributed by atoms with Gasteiger partial charge in [-0.1, -0.05) is 23.7 Å². The van der Waals surface area contributed by atoms with Crippen LogP contribution in [0.4, 0.5) is 5.69 Å². The molecule has 2 heterocycles. The number of halogens is 1. The van der Waals surface area contributed by atoms with Gasteiger partial charge >= 0.3 is 5.69 Å². The average molecular weight is 410 g/mol. The molecule has 0 atom stereocenters. The number of hydrogen-bond acceptors (Lipinski definition) is 4. The highest BCUT2D eigenvalue weighted by molar-refractivity contribution is 6.30. The van der Waals surface area contributed by atoms with Crippen LogP contribution in [0.5, 0.6) is 0 Å². The predicted molar refractivity (Wildman–Crippen MR) is 110 cm³/mol. The van der Waals surface area contributed by atoms with Gasteiger partial charge in [-0.05, 0) is 48.5 Å². The summed E-state index contributed by atoms with van der Waals surface area (Å²) in [6, 6.07) is 16.7. The van der Waals surface area contributed by atoms with Crippen molar-refractivity contribution in [3.63, 3.8) is 0 Å². The van der Waals surface area contributed by atoms with E-state index >= 15 is 0 Å². The second kappa shape index (κ2) is 7.81. The van der Waals surface area contributed by atoms with Gasteiger partial charge in [0.15, 0.2) is 0 Å². The van der Waals surface area contributed by atoms with Crippen LogP contribution >= 0.6 is 11.6 Å². The van der Waals surface area contributed by atoms with Crippen LogP contribution in [0, 0.1) is 0 Å². The Bertz CT molecular complexity index is 1290. The maximum atomic E-state index is 13.0. The predicted octanol–water partition coefficient (Wildman–Crippen LogP) is 3.10. The first kappa shape index (κ1) is 18.8. The Kier molecular flexibility index (Phi) is 5.05. The van der Waals surface area contributed by atoms with Crippen LogP contribution < -0.4 is 16.6 Å². The van der Waals surface area contributed by atoms with Crippen molar-refractivity contribution in [1.29, 1.82) is 0 Å². The standard InChI is InChI=1S/C21H16ClN3O4/c22-14-7-9-15(10-8-14)23-19(26)13-24-18-6-2-1-5-17(18)20(27)25(21(24)28)12-16-4-3-11-29-16/h1-11H,12-13H2,(H,23,26). The fraction of sp³-hybridized carbons (Fsp3) is 0.0952. The highest BCUT2D eigenvalue weighted by Gasteiger charge is 2.16. The largest absolute Gasteiger partial charge is 0.467 e. The summed E-state index contributed by atoms with van der Waals surface area (Å²) in [5.41, 5.74) is -0.0715. The van der Waals surface area contributed by atoms with Gasteiger partial charge in [0.1, 0.15) is 12.3 Å². The second-order valence-corrected chi connectivity index (χ2v) is 6.85. The van der Waals surface area contributed by atoms with Crippen LogP contribution in [0.3, 0.4) is 0 Å². The number of carbonyl (C=O) groups is 1. The zero-order valence-electron chi connectivity index (χ0n) is 15.2. The third-order valence-corrected chi connectivity index (χ3v) is 4.71. The minimum Gasteiger partial charge on any atom is -0.467 e. The van der Waals surface area contributed by atoms with Crippen LogP contribution in [-0.4, -0.2) is 15.0 Å². The van der Waals surface area contributed by atoms with E-state index in [1.165, 1.54) is 10.8 Å². The van der Waals surface area contributed by atoms with Crippen molar-refractivity contribution in [1.82, 2.24) is 9.13 Å². The number of benzene rings is 2. The Morgan fingerprint density at radius 2 is 1.72 bits per heavy atom. The molecule has 29 heavy (non-hydrogen) atoms. The van der Waals surface area contributed by atoms with Crippen molar-refractivity contribution in [2.24, 2.45) is 0 Å². The molecule has 0 bridgehead atoms. The Morgan fingerprint density at radius 3 is 2.45 bits per heavy atom. The number of aromatic nitrogens is 2. The molecule has 146 valence electrons. The van der Waals surface area contributed by atoms with Crippen LogP contribution in [0.2, 0.25) is 5.02 Å². The first-order valence-electron chi connectivity index (χ1n) is 8.83. The van der Waals surface area contributed by atoms with E-state index in [2.05, 4.69) is 5.32 Å². The molecule has 0 saturated carbocycles. The van der Waals surface area contributed by atoms with E-state index in [0.717, 1.165) is 4.57 Å². The van der Waals surface area contributed by atoms with E-state index in [1.807, 2.05) is 0 Å². The number of furan rings is 1. The van der Waals surface area contributed by atoms with Gasteiger partial charge in [0.05, 0.1) is 23.7 Å². The summed E-state index contributed by atoms with van der Waals surface area (Å²) in [4.78, 5) is 38.4. The maximum Gasteiger partial charge on any atom is 0.332 e. The van der Waals surface area contributed by atoms with Crippen molar-refractivity contribution in [3.8, 4) is 0 Å². The number of para-hydroxylation sites is 1. The lowest BCUT2D eigenvalue weighted by molar-refractivity contribution is -0.116. The molecule has 1 amide bonds. The fourth-order valence-electron chi connectivity index (χ4n) is 3.10. The number of anilines is 1. The average Bonchev–Trinajstić information content (AvgIpc) is 3.23. The highest BCUT2D eigenvalue weighted by atomic mass is 35.5. The third kappa shape index (κ3) is 3.86. The first-order valence-corrected chi connectivity index (χ1v) is 9.21. The summed E-state index contributed by atoms with van der Waals surface area (Å²) in [7, 11) is 0. The molecule has 0 aliphatic heterocycles. The van der Waals surface area contributed by atoms with E-state index in [0.29, 0.717) is 27.4 Å². The zero-order valence-corrected chi connectivity index (χ0v) is 15.9. The van der Waals surface area contributed by atoms with Crippen LogP contribution in [0.1, 0.15) is 5.76 Å². The van der Waals surface area contributed by atoms with Gasteiger partial charge in [-0.2, -0.15) is 0 Å². The van der Waals surface area contributed by atoms with Gasteiger partial charge in [-0.25, -0.2) is 4.79 Å². The van der Waals surface area contributed by atoms with E-state index in [1.54, 1.807) is 60.7 Å². The molecule has 2 aromatic heterocycles. The Balaban J connectivity index is 1.74. The Morgan fingerprint density at radius 1 is 0.966 bits per heavy atom. The van der Waals surface area contributed by atoms with Crippen molar-refractivity contribution in [3.05, 3.63) is 98.5 Å². The topological polar surface area (TPSA) is 86.2 Å². The van der Waals surface area contributed by atoms with Gasteiger partial charge in [0.2, 0.25) is 5.91 Å². The fourth-order valence-corrected chi connectivity index (χ4v) is 3.22. The van der Waals surface area contributed by atoms with E-state index < -0.39 is 17.2 Å². The monoisotopic (exact) mass is 409 g/mol. The molecule has 0 fully saturated rings. The number of fused-ring (bicyclic) bond motifs is 1. The number of nitrogens with zero attached hydrogens (tertiary/aromatic N) is 2. The summed E-state index contributed by atoms with van der Waals surface area (Å²) in [5.74, 6) is 0.0689. The quantitative estimate of drug-likeness (QED) is 0.548. The second-order valence-electron chi connectivity index (χ2n) is 6.41. The Labute approximate surface area is 169 Å². The molecule has 0 aliphatic carbocycles. The van der Waals surface area contributed by atoms with Crippen LogP contribution in [0.15, 0.2) is 80.9 Å². The normalized spacial score (nSPS) is 10.9. The number of hydrogen-bond donors (Lipinski definition) is 1. The van der Waals surface area contributed by atoms with Gasteiger partial charge in [0, 0.05) is 10.7 Å². The molecule has 7 nitrogen and oxygen atoms in total. The molecule has 8 heteroatoms. The summed E-state index contributed by atoms with van der Waals surface area (Å²) in [6.45, 7) is -0.269. The van der Waals surface area contributed by atoms with Crippen molar-refractivity contribution < 1.29 is 9.21 Å². The number of nitrogens with one attached hydrogen (secondary N) is 1. The minimum atomic E-state index is -0.587. The molecule has 0 saturated heterocycles. The molecule has 0 spiro atoms. The number of amides is 1. The van der Waals surface area contributed by atoms with Crippen molar-refractivity contribution >= 4 is 34.1 Å². The lowest BCUT2D eigenvalue weighted by Gasteiger charge is -2.13. The van der Waals surface area contributed by atoms with Crippen LogP contribution in [0.25, 0.3) is 10.9 Å². The maximum absolute atomic E-state index is 13.0. The summed E-state index contributed by atoms with van der Waals surface area (Å²) >= 11 is 5.86. The summed E-state index contributed by atoms with van der Waals surface area (Å²) < 4.78 is 7.62. The third-order valence-electron chi connectivity index (χ3n) is 4.46. The Hall–Kier alpha value is -3.58. The molecule has 4 rings (SSSR count). The lowest BCUT2D eigenvalue weighted by atomic mass is 10.2. The smallest absolute Gasteiger partial charge is 0.332 e. The molecular formula is C21H16ClN3O4. The molecule has 1 N–H and O–H groups in total. The zero-order chi connectivity index (χ0) is 20.4. The van der Waals surface area contributed by atoms with Gasteiger partial charge in [-0.15, -0.1) is 0 Å². The van der Waals surface area contributed by atoms with E-state index in [-0.39, 0.29) is 13.1 Å². The van der Waals surface area contributed by atoms with E-state index in [9.17, 15) is 14.4 Å². The molecular weight excluding hydrogens is 394 g/mol. The molecule has 0 unspecified atom stereocenters. The molecule has 4 aromatic rings. The van der Waals surface area contributed by atoms with Gasteiger partial charge < -0.3 is 9.73 Å². The van der Waals surface area contributed by atoms with Crippen LogP contribution in [-0.2, 0) is 17.9 Å². The van der Waals surface area contributed by atoms with Gasteiger partial charge in [0.25, 0.3) is 5.56 Å². The van der Waals surface area contributed by atoms with Gasteiger partial charge in [-0.3, -0.25) is 18.7 Å². The lowest BCUT2D eigenvalue weighted by Crippen LogP contribution is -2.41. The summed E-state index contributed by atoms with van der Waals surface area (Å²) in [6.07, 6.45) is 1.47. The van der Waals surface area contributed by atoms with Crippen molar-refractivity contribution in [2.75, 3.05) is 5.32 Å². The van der Waals surface area contributed by atoms with Crippen molar-refractivity contribution in [2.45, 2.75) is 13.1 Å². The number of carbonyl (C=O) groups excluding carboxylic acids is 1. The SMILES string of the molecule is O=C(Cn1c(=O)n(Cc2ccco2)c(=O)c2ccccc21)Nc1ccc(Cl)cc1. The molecule has 2 aromatic carbocycles. The minimum absolute atomic E-state index is 0.0195. The highest BCUT2D eigenvalue weighted by Crippen LogP contribution is 2.14. The van der Waals surface area contributed by atoms with E-state index in [4.69, 9.17) is 16.0 Å². The summed E-state index contributed by atoms with van der Waals surface area (Å²) in [5, 5.41) is 3.62.